The summed E-state index contributed by atoms with van der Waals surface area (Å²) in [5.74, 6) is 0. The largest absolute Gasteiger partial charge is 0.394 e. The molecule has 0 aliphatic rings. The van der Waals surface area contributed by atoms with E-state index in [4.69, 9.17) is 10.2 Å². The summed E-state index contributed by atoms with van der Waals surface area (Å²) in [6, 6.07) is 0. The molecule has 0 rings (SSSR count). The van der Waals surface area contributed by atoms with E-state index in [0.717, 1.165) is 0 Å². The molecule has 0 amide bonds. The average molecular weight is 176 g/mol. The van der Waals surface area contributed by atoms with Crippen molar-refractivity contribution >= 4 is 16.3 Å². The Morgan fingerprint density at radius 2 is 1.00 bits per heavy atom. The molecule has 0 aliphatic carbocycles. The summed E-state index contributed by atoms with van der Waals surface area (Å²) in [4.78, 5) is 0. The van der Waals surface area contributed by atoms with Gasteiger partial charge in [-0.15, -0.1) is 5.28 Å². The maximum absolute atomic E-state index is 8.06. The fourth-order valence-electron chi connectivity index (χ4n) is 0. The third-order valence-electron chi connectivity index (χ3n) is 0. The smallest absolute Gasteiger partial charge is 0.117 e. The van der Waals surface area contributed by atoms with Crippen LogP contribution in [0.1, 0.15) is 34.6 Å². The molecule has 0 heterocycles. The third kappa shape index (κ3) is 3650. The van der Waals surface area contributed by atoms with Crippen LogP contribution in [-0.2, 0) is 0 Å². The van der Waals surface area contributed by atoms with E-state index in [1.807, 2.05) is 0 Å². The fourth-order valence-corrected chi connectivity index (χ4v) is 0. The van der Waals surface area contributed by atoms with Crippen LogP contribution in [0.25, 0.3) is 0 Å². The summed E-state index contributed by atoms with van der Waals surface area (Å²) < 4.78 is 0. The summed E-state index contributed by atoms with van der Waals surface area (Å²) in [5.41, 5.74) is 0. The van der Waals surface area contributed by atoms with Crippen molar-refractivity contribution in [3.05, 3.63) is 0 Å². The van der Waals surface area contributed by atoms with Gasteiger partial charge in [0, 0.05) is 12.2 Å². The molecule has 3 heteroatoms. The Bertz CT molecular complexity index is 35.8. The van der Waals surface area contributed by atoms with Crippen LogP contribution < -0.4 is 0 Å². The Kier molecular flexibility index (Phi) is 26.8. The molecule has 0 unspecified atom stereocenters. The normalized spacial score (nSPS) is 8.09. The van der Waals surface area contributed by atoms with Crippen molar-refractivity contribution in [2.45, 2.75) is 52.1 Å². The quantitative estimate of drug-likeness (QED) is 0.547. The standard InChI is InChI=1S/2C3H8O.C2H5.Al/c2*1-3(2)4;1-2;/h2*3-4H,1-2H3;1H2,2H3;. The van der Waals surface area contributed by atoms with Gasteiger partial charge in [0.2, 0.25) is 0 Å². The van der Waals surface area contributed by atoms with E-state index >= 15 is 0 Å². The predicted octanol–water partition coefficient (Wildman–Crippen LogP) is 1.37. The number of rotatable bonds is 0. The highest BCUT2D eigenvalue weighted by Crippen LogP contribution is 1.65. The van der Waals surface area contributed by atoms with Crippen LogP contribution in [0, 0.1) is 0 Å². The lowest BCUT2D eigenvalue weighted by Crippen LogP contribution is -1.85. The van der Waals surface area contributed by atoms with Crippen molar-refractivity contribution in [1.82, 2.24) is 0 Å². The molecule has 68 valence electrons. The Morgan fingerprint density at radius 1 is 1.00 bits per heavy atom. The van der Waals surface area contributed by atoms with Crippen LogP contribution in [0.3, 0.4) is 0 Å². The number of aliphatic hydroxyl groups is 2. The molecule has 2 radical (unpaired) electrons. The summed E-state index contributed by atoms with van der Waals surface area (Å²) in [5, 5.41) is 17.3. The van der Waals surface area contributed by atoms with Gasteiger partial charge < -0.3 is 10.2 Å². The molecule has 2 nitrogen and oxygen atoms in total. The van der Waals surface area contributed by atoms with E-state index < -0.39 is 0 Å². The lowest BCUT2D eigenvalue weighted by Gasteiger charge is -1.80. The fraction of sp³-hybridized carbons (Fsp3) is 1.00. The van der Waals surface area contributed by atoms with Crippen LogP contribution in [-0.4, -0.2) is 38.7 Å². The minimum Gasteiger partial charge on any atom is -0.394 e. The Hall–Kier alpha value is 0.452. The van der Waals surface area contributed by atoms with Crippen LogP contribution in [0.15, 0.2) is 0 Å². The van der Waals surface area contributed by atoms with Gasteiger partial charge in [0.05, 0.1) is 0 Å². The molecule has 2 N–H and O–H groups in total. The van der Waals surface area contributed by atoms with E-state index in [9.17, 15) is 0 Å². The molecule has 0 spiro atoms. The molecule has 0 atom stereocenters. The SMILES string of the molecule is CC(C)O.CC(C)O.C[CH2][Al]. The first-order chi connectivity index (χ1) is 4.88. The summed E-state index contributed by atoms with van der Waals surface area (Å²) in [6.45, 7) is 8.98. The van der Waals surface area contributed by atoms with Gasteiger partial charge >= 0.3 is 0 Å². The highest BCUT2D eigenvalue weighted by atomic mass is 27.0. The highest BCUT2D eigenvalue weighted by Gasteiger charge is 1.69. The zero-order chi connectivity index (χ0) is 9.86. The van der Waals surface area contributed by atoms with Crippen molar-refractivity contribution in [2.75, 3.05) is 0 Å². The monoisotopic (exact) mass is 176 g/mol. The minimum absolute atomic E-state index is 0.167. The van der Waals surface area contributed by atoms with E-state index in [1.54, 1.807) is 27.7 Å². The first-order valence-electron chi connectivity index (χ1n) is 3.94. The van der Waals surface area contributed by atoms with Gasteiger partial charge in [-0.2, -0.15) is 0 Å². The van der Waals surface area contributed by atoms with Crippen LogP contribution >= 0.6 is 0 Å². The van der Waals surface area contributed by atoms with Crippen molar-refractivity contribution in [1.29, 1.82) is 0 Å². The van der Waals surface area contributed by atoms with Crippen LogP contribution in [0.4, 0.5) is 0 Å². The second-order valence-corrected chi connectivity index (χ2v) is 3.41. The van der Waals surface area contributed by atoms with Crippen molar-refractivity contribution in [3.63, 3.8) is 0 Å². The van der Waals surface area contributed by atoms with E-state index in [0.29, 0.717) is 0 Å². The summed E-state index contributed by atoms with van der Waals surface area (Å²) in [7, 11) is 0. The maximum atomic E-state index is 8.06. The van der Waals surface area contributed by atoms with Crippen LogP contribution in [0.5, 0.6) is 0 Å². The lowest BCUT2D eigenvalue weighted by molar-refractivity contribution is 0.215. The third-order valence-corrected chi connectivity index (χ3v) is 0. The van der Waals surface area contributed by atoms with E-state index in [1.165, 1.54) is 5.28 Å². The first kappa shape index (κ1) is 17.5. The van der Waals surface area contributed by atoms with Gasteiger partial charge in [0.15, 0.2) is 0 Å². The number of hydrogen-bond acceptors (Lipinski definition) is 2. The predicted molar refractivity (Wildman–Crippen MR) is 50.9 cm³/mol. The van der Waals surface area contributed by atoms with Crippen molar-refractivity contribution < 1.29 is 10.2 Å². The maximum Gasteiger partial charge on any atom is 0.117 e. The molecule has 0 aliphatic heterocycles. The minimum atomic E-state index is -0.167. The molecule has 0 saturated heterocycles. The molecule has 0 aromatic heterocycles. The highest BCUT2D eigenvalue weighted by molar-refractivity contribution is 6.08. The molecular weight excluding hydrogens is 155 g/mol. The Morgan fingerprint density at radius 3 is 1.00 bits per heavy atom. The zero-order valence-corrected chi connectivity index (χ0v) is 9.49. The first-order valence-corrected chi connectivity index (χ1v) is 4.76. The second kappa shape index (κ2) is 16.8. The van der Waals surface area contributed by atoms with Gasteiger partial charge in [-0.1, -0.05) is 6.92 Å². The summed E-state index contributed by atoms with van der Waals surface area (Å²) >= 11 is 2.58. The molecule has 11 heavy (non-hydrogen) atoms. The summed E-state index contributed by atoms with van der Waals surface area (Å²) in [6.07, 6.45) is -0.333. The Labute approximate surface area is 79.1 Å². The topological polar surface area (TPSA) is 40.5 Å². The molecular formula is C8H21AlO2. The Balaban J connectivity index is -0.0000000886. The van der Waals surface area contributed by atoms with E-state index in [-0.39, 0.29) is 12.2 Å². The van der Waals surface area contributed by atoms with Crippen LogP contribution in [0.2, 0.25) is 5.28 Å². The molecule has 0 fully saturated rings. The second-order valence-electron chi connectivity index (χ2n) is 2.60. The molecule has 0 saturated carbocycles. The molecule has 0 aromatic carbocycles. The van der Waals surface area contributed by atoms with Crippen molar-refractivity contribution in [2.24, 2.45) is 0 Å². The van der Waals surface area contributed by atoms with Gasteiger partial charge in [-0.05, 0) is 27.7 Å². The average Bonchev–Trinajstić information content (AvgIpc) is 1.60. The van der Waals surface area contributed by atoms with Gasteiger partial charge in [-0.3, -0.25) is 0 Å². The number of hydrogen-bond donors (Lipinski definition) is 2. The molecule has 0 bridgehead atoms. The van der Waals surface area contributed by atoms with Gasteiger partial charge in [-0.25, -0.2) is 0 Å². The van der Waals surface area contributed by atoms with Gasteiger partial charge in [0.1, 0.15) is 16.3 Å². The zero-order valence-electron chi connectivity index (χ0n) is 8.33. The number of aliphatic hydroxyl groups excluding tert-OH is 2. The van der Waals surface area contributed by atoms with Crippen molar-refractivity contribution in [3.8, 4) is 0 Å². The lowest BCUT2D eigenvalue weighted by atomic mass is 10.5. The van der Waals surface area contributed by atoms with Gasteiger partial charge in [0.25, 0.3) is 0 Å². The van der Waals surface area contributed by atoms with E-state index in [2.05, 4.69) is 23.2 Å². The molecule has 0 aromatic rings.